The van der Waals surface area contributed by atoms with Crippen molar-refractivity contribution in [2.45, 2.75) is 13.0 Å². The van der Waals surface area contributed by atoms with Gasteiger partial charge in [-0.2, -0.15) is 0 Å². The van der Waals surface area contributed by atoms with Gasteiger partial charge in [0.1, 0.15) is 0 Å². The molecule has 1 atom stereocenters. The quantitative estimate of drug-likeness (QED) is 0.588. The third-order valence-electron chi connectivity index (χ3n) is 3.48. The number of halogens is 1. The Labute approximate surface area is 133 Å². The zero-order valence-electron chi connectivity index (χ0n) is 11.3. The molecule has 20 heavy (non-hydrogen) atoms. The second kappa shape index (κ2) is 5.83. The Balaban J connectivity index is 1.86. The van der Waals surface area contributed by atoms with Gasteiger partial charge < -0.3 is 5.32 Å². The van der Waals surface area contributed by atoms with Crippen LogP contribution in [0.5, 0.6) is 0 Å². The molecule has 3 rings (SSSR count). The summed E-state index contributed by atoms with van der Waals surface area (Å²) in [6, 6.07) is 23.9. The third kappa shape index (κ3) is 2.96. The highest BCUT2D eigenvalue weighted by molar-refractivity contribution is 14.1. The summed E-state index contributed by atoms with van der Waals surface area (Å²) in [5, 5.41) is 6.14. The van der Waals surface area contributed by atoms with E-state index >= 15 is 0 Å². The molecule has 1 unspecified atom stereocenters. The van der Waals surface area contributed by atoms with Crippen LogP contribution in [0.1, 0.15) is 18.5 Å². The van der Waals surface area contributed by atoms with Crippen molar-refractivity contribution in [3.63, 3.8) is 0 Å². The molecule has 0 bridgehead atoms. The second-order valence-electron chi connectivity index (χ2n) is 4.98. The molecular weight excluding hydrogens is 357 g/mol. The highest BCUT2D eigenvalue weighted by Gasteiger charge is 2.06. The smallest absolute Gasteiger partial charge is 0.0485 e. The first-order chi connectivity index (χ1) is 9.72. The van der Waals surface area contributed by atoms with Crippen molar-refractivity contribution in [3.8, 4) is 0 Å². The Hall–Kier alpha value is -1.55. The zero-order chi connectivity index (χ0) is 13.9. The largest absolute Gasteiger partial charge is 0.378 e. The molecule has 100 valence electrons. The summed E-state index contributed by atoms with van der Waals surface area (Å²) in [4.78, 5) is 0. The Morgan fingerprint density at radius 2 is 1.65 bits per heavy atom. The molecule has 0 saturated carbocycles. The van der Waals surface area contributed by atoms with Crippen molar-refractivity contribution < 1.29 is 0 Å². The standard InChI is InChI=1S/C18H16IN/c1-13(20-18-8-4-7-17(19)12-18)15-10-9-14-5-2-3-6-16(14)11-15/h2-13,20H,1H3. The summed E-state index contributed by atoms with van der Waals surface area (Å²) < 4.78 is 1.25. The normalized spacial score (nSPS) is 12.3. The molecule has 0 radical (unpaired) electrons. The van der Waals surface area contributed by atoms with Crippen LogP contribution in [0.3, 0.4) is 0 Å². The van der Waals surface area contributed by atoms with Crippen molar-refractivity contribution in [1.82, 2.24) is 0 Å². The number of anilines is 1. The van der Waals surface area contributed by atoms with E-state index in [1.165, 1.54) is 19.9 Å². The van der Waals surface area contributed by atoms with Crippen molar-refractivity contribution in [1.29, 1.82) is 0 Å². The second-order valence-corrected chi connectivity index (χ2v) is 6.23. The van der Waals surface area contributed by atoms with Gasteiger partial charge in [-0.15, -0.1) is 0 Å². The topological polar surface area (TPSA) is 12.0 Å². The molecule has 3 aromatic rings. The number of fused-ring (bicyclic) bond motifs is 1. The summed E-state index contributed by atoms with van der Waals surface area (Å²) in [5.41, 5.74) is 2.47. The lowest BCUT2D eigenvalue weighted by Crippen LogP contribution is -2.06. The first kappa shape index (κ1) is 13.4. The van der Waals surface area contributed by atoms with E-state index in [0.29, 0.717) is 0 Å². The highest BCUT2D eigenvalue weighted by atomic mass is 127. The minimum Gasteiger partial charge on any atom is -0.378 e. The molecule has 0 aliphatic rings. The van der Waals surface area contributed by atoms with Gasteiger partial charge in [-0.1, -0.05) is 42.5 Å². The number of rotatable bonds is 3. The molecule has 2 heteroatoms. The van der Waals surface area contributed by atoms with Gasteiger partial charge >= 0.3 is 0 Å². The molecule has 0 fully saturated rings. The highest BCUT2D eigenvalue weighted by Crippen LogP contribution is 2.24. The van der Waals surface area contributed by atoms with E-state index in [-0.39, 0.29) is 6.04 Å². The fraction of sp³-hybridized carbons (Fsp3) is 0.111. The summed E-state index contributed by atoms with van der Waals surface area (Å²) in [7, 11) is 0. The molecule has 0 saturated heterocycles. The predicted octanol–water partition coefficient (Wildman–Crippen LogP) is 5.62. The molecule has 1 N–H and O–H groups in total. The summed E-state index contributed by atoms with van der Waals surface area (Å²) in [6.07, 6.45) is 0. The average molecular weight is 373 g/mol. The SMILES string of the molecule is CC(Nc1cccc(I)c1)c1ccc2ccccc2c1. The van der Waals surface area contributed by atoms with Crippen LogP contribution in [-0.4, -0.2) is 0 Å². The van der Waals surface area contributed by atoms with E-state index in [0.717, 1.165) is 5.69 Å². The van der Waals surface area contributed by atoms with Crippen molar-refractivity contribution in [2.24, 2.45) is 0 Å². The van der Waals surface area contributed by atoms with E-state index in [4.69, 9.17) is 0 Å². The third-order valence-corrected chi connectivity index (χ3v) is 4.15. The minimum absolute atomic E-state index is 0.290. The van der Waals surface area contributed by atoms with Crippen molar-refractivity contribution >= 4 is 39.1 Å². The fourth-order valence-corrected chi connectivity index (χ4v) is 2.93. The van der Waals surface area contributed by atoms with E-state index < -0.39 is 0 Å². The van der Waals surface area contributed by atoms with Gasteiger partial charge in [0.15, 0.2) is 0 Å². The lowest BCUT2D eigenvalue weighted by molar-refractivity contribution is 0.887. The van der Waals surface area contributed by atoms with Gasteiger partial charge in [0.2, 0.25) is 0 Å². The maximum atomic E-state index is 3.56. The van der Waals surface area contributed by atoms with E-state index in [9.17, 15) is 0 Å². The van der Waals surface area contributed by atoms with Gasteiger partial charge in [0.05, 0.1) is 0 Å². The summed E-state index contributed by atoms with van der Waals surface area (Å²) in [5.74, 6) is 0. The molecule has 0 aliphatic carbocycles. The van der Waals surface area contributed by atoms with Gasteiger partial charge in [0.25, 0.3) is 0 Å². The number of benzene rings is 3. The van der Waals surface area contributed by atoms with Crippen LogP contribution in [0.4, 0.5) is 5.69 Å². The maximum Gasteiger partial charge on any atom is 0.0485 e. The van der Waals surface area contributed by atoms with Gasteiger partial charge in [0, 0.05) is 15.3 Å². The van der Waals surface area contributed by atoms with Gasteiger partial charge in [-0.25, -0.2) is 0 Å². The number of nitrogens with one attached hydrogen (secondary N) is 1. The number of hydrogen-bond acceptors (Lipinski definition) is 1. The van der Waals surface area contributed by atoms with Crippen molar-refractivity contribution in [3.05, 3.63) is 75.9 Å². The Morgan fingerprint density at radius 1 is 0.850 bits per heavy atom. The van der Waals surface area contributed by atoms with E-state index in [1.807, 2.05) is 0 Å². The van der Waals surface area contributed by atoms with Gasteiger partial charge in [-0.3, -0.25) is 0 Å². The van der Waals surface area contributed by atoms with Crippen LogP contribution in [0, 0.1) is 3.57 Å². The molecule has 0 aliphatic heterocycles. The lowest BCUT2D eigenvalue weighted by atomic mass is 10.0. The lowest BCUT2D eigenvalue weighted by Gasteiger charge is -2.16. The van der Waals surface area contributed by atoms with E-state index in [1.54, 1.807) is 0 Å². The first-order valence-corrected chi connectivity index (χ1v) is 7.81. The van der Waals surface area contributed by atoms with Crippen molar-refractivity contribution in [2.75, 3.05) is 5.32 Å². The van der Waals surface area contributed by atoms with Crippen LogP contribution in [0.15, 0.2) is 66.7 Å². The van der Waals surface area contributed by atoms with Gasteiger partial charge in [-0.05, 0) is 70.1 Å². The molecular formula is C18H16IN. The monoisotopic (exact) mass is 373 g/mol. The first-order valence-electron chi connectivity index (χ1n) is 6.73. The summed E-state index contributed by atoms with van der Waals surface area (Å²) in [6.45, 7) is 2.20. The molecule has 0 spiro atoms. The maximum absolute atomic E-state index is 3.56. The van der Waals surface area contributed by atoms with Crippen LogP contribution in [0.25, 0.3) is 10.8 Å². The number of hydrogen-bond donors (Lipinski definition) is 1. The predicted molar refractivity (Wildman–Crippen MR) is 95.1 cm³/mol. The van der Waals surface area contributed by atoms with Crippen LogP contribution >= 0.6 is 22.6 Å². The Kier molecular flexibility index (Phi) is 3.92. The van der Waals surface area contributed by atoms with E-state index in [2.05, 4.69) is 102 Å². The van der Waals surface area contributed by atoms with Crippen LogP contribution < -0.4 is 5.32 Å². The molecule has 0 heterocycles. The zero-order valence-corrected chi connectivity index (χ0v) is 13.5. The molecule has 3 aromatic carbocycles. The molecule has 1 nitrogen and oxygen atoms in total. The minimum atomic E-state index is 0.290. The van der Waals surface area contributed by atoms with Crippen LogP contribution in [-0.2, 0) is 0 Å². The fourth-order valence-electron chi connectivity index (χ4n) is 2.39. The average Bonchev–Trinajstić information content (AvgIpc) is 2.47. The Bertz CT molecular complexity index is 736. The molecule has 0 amide bonds. The van der Waals surface area contributed by atoms with Crippen LogP contribution in [0.2, 0.25) is 0 Å². The Morgan fingerprint density at radius 3 is 2.45 bits per heavy atom. The molecule has 0 aromatic heterocycles. The summed E-state index contributed by atoms with van der Waals surface area (Å²) >= 11 is 2.34.